The van der Waals surface area contributed by atoms with E-state index in [0.717, 1.165) is 13.0 Å². The van der Waals surface area contributed by atoms with Crippen molar-refractivity contribution in [2.24, 2.45) is 0 Å². The van der Waals surface area contributed by atoms with Crippen molar-refractivity contribution in [1.29, 1.82) is 0 Å². The Balaban J connectivity index is 1.47. The zero-order valence-corrected chi connectivity index (χ0v) is 14.3. The molecule has 5 nitrogen and oxygen atoms in total. The molecule has 1 saturated carbocycles. The fraction of sp³-hybridized carbons (Fsp3) is 0.611. The molecule has 0 aromatic heterocycles. The molecule has 0 bridgehead atoms. The van der Waals surface area contributed by atoms with Crippen LogP contribution >= 0.6 is 0 Å². The highest BCUT2D eigenvalue weighted by Gasteiger charge is 2.39. The minimum Gasteiger partial charge on any atom is -0.384 e. The van der Waals surface area contributed by atoms with Gasteiger partial charge in [0.05, 0.1) is 6.54 Å². The fourth-order valence-electron chi connectivity index (χ4n) is 3.48. The molecule has 1 aromatic rings. The third kappa shape index (κ3) is 4.05. The third-order valence-electron chi connectivity index (χ3n) is 5.03. The number of hydrogen-bond acceptors (Lipinski definition) is 3. The van der Waals surface area contributed by atoms with Gasteiger partial charge >= 0.3 is 6.03 Å². The summed E-state index contributed by atoms with van der Waals surface area (Å²) < 4.78 is 13.0. The van der Waals surface area contributed by atoms with Crippen LogP contribution in [0.2, 0.25) is 0 Å². The largest absolute Gasteiger partial charge is 0.384 e. The Morgan fingerprint density at radius 1 is 1.38 bits per heavy atom. The summed E-state index contributed by atoms with van der Waals surface area (Å²) in [7, 11) is 0. The van der Waals surface area contributed by atoms with Crippen LogP contribution in [0, 0.1) is 5.82 Å². The number of likely N-dealkylation sites (tertiary alicyclic amines) is 1. The highest BCUT2D eigenvalue weighted by atomic mass is 19.1. The van der Waals surface area contributed by atoms with Crippen LogP contribution in [0.25, 0.3) is 0 Å². The van der Waals surface area contributed by atoms with E-state index in [1.165, 1.54) is 37.1 Å². The van der Waals surface area contributed by atoms with E-state index in [0.29, 0.717) is 17.6 Å². The number of aliphatic hydroxyl groups is 1. The van der Waals surface area contributed by atoms with E-state index in [1.807, 2.05) is 0 Å². The highest BCUT2D eigenvalue weighted by molar-refractivity contribution is 5.74. The van der Waals surface area contributed by atoms with Crippen LogP contribution < -0.4 is 10.6 Å². The average molecular weight is 335 g/mol. The lowest BCUT2D eigenvalue weighted by molar-refractivity contribution is 0.0592. The van der Waals surface area contributed by atoms with Gasteiger partial charge in [-0.3, -0.25) is 4.90 Å². The molecule has 0 unspecified atom stereocenters. The van der Waals surface area contributed by atoms with Crippen molar-refractivity contribution in [3.05, 3.63) is 35.6 Å². The molecule has 2 amide bonds. The predicted molar refractivity (Wildman–Crippen MR) is 90.1 cm³/mol. The van der Waals surface area contributed by atoms with E-state index < -0.39 is 5.60 Å². The number of carbonyl (C=O) groups excluding carboxylic acids is 1. The van der Waals surface area contributed by atoms with Gasteiger partial charge in [-0.05, 0) is 50.8 Å². The number of benzene rings is 1. The van der Waals surface area contributed by atoms with Gasteiger partial charge in [-0.1, -0.05) is 12.1 Å². The Morgan fingerprint density at radius 3 is 2.67 bits per heavy atom. The van der Waals surface area contributed by atoms with E-state index >= 15 is 0 Å². The van der Waals surface area contributed by atoms with E-state index in [2.05, 4.69) is 22.5 Å². The van der Waals surface area contributed by atoms with Gasteiger partial charge < -0.3 is 15.7 Å². The Hall–Kier alpha value is -1.66. The van der Waals surface area contributed by atoms with Crippen molar-refractivity contribution in [3.63, 3.8) is 0 Å². The minimum atomic E-state index is -1.24. The number of nitrogens with one attached hydrogen (secondary N) is 2. The van der Waals surface area contributed by atoms with Crippen molar-refractivity contribution >= 4 is 6.03 Å². The summed E-state index contributed by atoms with van der Waals surface area (Å²) in [5.74, 6) is -0.351. The van der Waals surface area contributed by atoms with Crippen LogP contribution in [0.4, 0.5) is 9.18 Å². The maximum atomic E-state index is 13.0. The lowest BCUT2D eigenvalue weighted by Gasteiger charge is -2.25. The second kappa shape index (κ2) is 6.69. The molecule has 6 heteroatoms. The lowest BCUT2D eigenvalue weighted by atomic mass is 9.96. The van der Waals surface area contributed by atoms with Gasteiger partial charge in [0.15, 0.2) is 0 Å². The summed E-state index contributed by atoms with van der Waals surface area (Å²) in [4.78, 5) is 14.6. The topological polar surface area (TPSA) is 64.6 Å². The van der Waals surface area contributed by atoms with Crippen LogP contribution in [0.1, 0.15) is 38.7 Å². The van der Waals surface area contributed by atoms with Crippen molar-refractivity contribution in [2.45, 2.75) is 56.8 Å². The second-order valence-corrected chi connectivity index (χ2v) is 7.32. The molecule has 132 valence electrons. The Bertz CT molecular complexity index is 586. The van der Waals surface area contributed by atoms with Crippen molar-refractivity contribution in [3.8, 4) is 0 Å². The predicted octanol–water partition coefficient (Wildman–Crippen LogP) is 1.96. The van der Waals surface area contributed by atoms with Crippen LogP contribution in [0.3, 0.4) is 0 Å². The maximum Gasteiger partial charge on any atom is 0.315 e. The van der Waals surface area contributed by atoms with Gasteiger partial charge in [-0.15, -0.1) is 0 Å². The maximum absolute atomic E-state index is 13.0. The molecule has 24 heavy (non-hydrogen) atoms. The first-order valence-corrected chi connectivity index (χ1v) is 8.64. The molecule has 2 fully saturated rings. The summed E-state index contributed by atoms with van der Waals surface area (Å²) in [6.45, 7) is 4.77. The summed E-state index contributed by atoms with van der Waals surface area (Å²) in [6, 6.07) is 6.75. The highest BCUT2D eigenvalue weighted by Crippen LogP contribution is 2.33. The second-order valence-electron chi connectivity index (χ2n) is 7.32. The van der Waals surface area contributed by atoms with Crippen LogP contribution in [0.5, 0.6) is 0 Å². The first-order valence-electron chi connectivity index (χ1n) is 8.64. The number of rotatable bonds is 5. The number of carbonyl (C=O) groups is 1. The summed E-state index contributed by atoms with van der Waals surface area (Å²) >= 11 is 0. The normalized spacial score (nSPS) is 26.8. The van der Waals surface area contributed by atoms with Crippen LogP contribution in [-0.4, -0.2) is 47.3 Å². The molecule has 2 aliphatic rings. The van der Waals surface area contributed by atoms with Gasteiger partial charge in [-0.2, -0.15) is 0 Å². The Morgan fingerprint density at radius 2 is 2.04 bits per heavy atom. The molecular weight excluding hydrogens is 309 g/mol. The zero-order valence-electron chi connectivity index (χ0n) is 14.3. The van der Waals surface area contributed by atoms with Crippen LogP contribution in [-0.2, 0) is 5.60 Å². The molecular formula is C18H26FN3O2. The van der Waals surface area contributed by atoms with Crippen molar-refractivity contribution < 1.29 is 14.3 Å². The number of amides is 2. The molecule has 1 aromatic carbocycles. The fourth-order valence-corrected chi connectivity index (χ4v) is 3.48. The van der Waals surface area contributed by atoms with Crippen LogP contribution in [0.15, 0.2) is 24.3 Å². The van der Waals surface area contributed by atoms with Crippen molar-refractivity contribution in [1.82, 2.24) is 15.5 Å². The van der Waals surface area contributed by atoms with E-state index in [1.54, 1.807) is 6.92 Å². The standard InChI is InChI=1S/C18H26FN3O2/c1-12-9-15(10-22(12)16-7-8-16)21-17(23)20-11-18(2,24)13-3-5-14(19)6-4-13/h3-6,12,15-16,24H,7-11H2,1-2H3,(H2,20,21,23)/t12-,15-,18-/m1/s1. The first-order chi connectivity index (χ1) is 11.3. The van der Waals surface area contributed by atoms with Gasteiger partial charge in [0.1, 0.15) is 11.4 Å². The lowest BCUT2D eigenvalue weighted by Crippen LogP contribution is -2.47. The monoisotopic (exact) mass is 335 g/mol. The van der Waals surface area contributed by atoms with Crippen molar-refractivity contribution in [2.75, 3.05) is 13.1 Å². The third-order valence-corrected chi connectivity index (χ3v) is 5.03. The molecule has 3 N–H and O–H groups in total. The Labute approximate surface area is 142 Å². The quantitative estimate of drug-likeness (QED) is 0.771. The minimum absolute atomic E-state index is 0.0685. The first kappa shape index (κ1) is 17.2. The SMILES string of the molecule is C[C@@H]1C[C@@H](NC(=O)NC[C@@](C)(O)c2ccc(F)cc2)CN1C1CC1. The molecule has 3 atom stereocenters. The number of hydrogen-bond donors (Lipinski definition) is 3. The van der Waals surface area contributed by atoms with Gasteiger partial charge in [0.2, 0.25) is 0 Å². The molecule has 1 aliphatic carbocycles. The van der Waals surface area contributed by atoms with Gasteiger partial charge in [0, 0.05) is 24.7 Å². The molecule has 0 radical (unpaired) electrons. The number of halogens is 1. The molecule has 1 heterocycles. The number of urea groups is 1. The van der Waals surface area contributed by atoms with Gasteiger partial charge in [-0.25, -0.2) is 9.18 Å². The molecule has 3 rings (SSSR count). The average Bonchev–Trinajstić information content (AvgIpc) is 3.30. The smallest absolute Gasteiger partial charge is 0.315 e. The molecule has 1 saturated heterocycles. The molecule has 1 aliphatic heterocycles. The Kier molecular flexibility index (Phi) is 4.78. The van der Waals surface area contributed by atoms with E-state index in [4.69, 9.17) is 0 Å². The molecule has 0 spiro atoms. The summed E-state index contributed by atoms with van der Waals surface area (Å²) in [5, 5.41) is 16.2. The summed E-state index contributed by atoms with van der Waals surface area (Å²) in [5.41, 5.74) is -0.674. The zero-order chi connectivity index (χ0) is 17.3. The van der Waals surface area contributed by atoms with E-state index in [-0.39, 0.29) is 24.4 Å². The summed E-state index contributed by atoms with van der Waals surface area (Å²) in [6.07, 6.45) is 3.49. The van der Waals surface area contributed by atoms with Gasteiger partial charge in [0.25, 0.3) is 0 Å². The van der Waals surface area contributed by atoms with E-state index in [9.17, 15) is 14.3 Å². The number of nitrogens with zero attached hydrogens (tertiary/aromatic N) is 1.